The Morgan fingerprint density at radius 3 is 0.868 bits per heavy atom. The van der Waals surface area contributed by atoms with Crippen LogP contribution in [0.1, 0.15) is 88.8 Å². The number of hydrogen-bond acceptors (Lipinski definition) is 4. The first-order valence-electron chi connectivity index (χ1n) is 18.5. The predicted octanol–water partition coefficient (Wildman–Crippen LogP) is 12.4. The minimum absolute atomic E-state index is 0.270. The van der Waals surface area contributed by atoms with Gasteiger partial charge in [-0.25, -0.2) is 0 Å². The zero-order valence-corrected chi connectivity index (χ0v) is 33.9. The van der Waals surface area contributed by atoms with E-state index in [2.05, 4.69) is 151 Å². The van der Waals surface area contributed by atoms with Crippen molar-refractivity contribution in [2.24, 2.45) is 0 Å². The fourth-order valence-corrected chi connectivity index (χ4v) is 10.5. The zero-order valence-electron chi connectivity index (χ0n) is 32.3. The summed E-state index contributed by atoms with van der Waals surface area (Å²) >= 11 is -4.97. The van der Waals surface area contributed by atoms with Gasteiger partial charge in [0.15, 0.2) is 0 Å². The van der Waals surface area contributed by atoms with Crippen LogP contribution >= 0.6 is 0 Å². The van der Waals surface area contributed by atoms with Crippen LogP contribution in [-0.4, -0.2) is 6.10 Å². The zero-order chi connectivity index (χ0) is 37.7. The van der Waals surface area contributed by atoms with Gasteiger partial charge in [-0.2, -0.15) is 0 Å². The van der Waals surface area contributed by atoms with Crippen LogP contribution in [0.4, 0.5) is 0 Å². The molecule has 6 aromatic carbocycles. The fourth-order valence-electron chi connectivity index (χ4n) is 7.07. The van der Waals surface area contributed by atoms with Crippen molar-refractivity contribution in [2.45, 2.75) is 77.7 Å². The van der Waals surface area contributed by atoms with Crippen LogP contribution in [0.25, 0.3) is 0 Å². The van der Waals surface area contributed by atoms with Crippen molar-refractivity contribution in [1.29, 1.82) is 0 Å². The summed E-state index contributed by atoms with van der Waals surface area (Å²) in [5.74, 6) is 2.00. The van der Waals surface area contributed by atoms with Crippen LogP contribution in [0, 0.1) is 0 Å². The van der Waals surface area contributed by atoms with E-state index < -0.39 is 34.4 Å². The van der Waals surface area contributed by atoms with Gasteiger partial charge < -0.3 is 0 Å². The van der Waals surface area contributed by atoms with Crippen molar-refractivity contribution in [1.82, 2.24) is 0 Å². The maximum absolute atomic E-state index is 7.33. The van der Waals surface area contributed by atoms with Crippen LogP contribution in [-0.2, 0) is 37.7 Å². The van der Waals surface area contributed by atoms with E-state index in [0.29, 0.717) is 17.2 Å². The molecule has 0 N–H and O–H groups in total. The monoisotopic (exact) mass is 740 g/mol. The standard InChI is InChI=1S/3C15H16O.C3H7O.Ti/c3*1-15(2,12-8-4-3-5-9-12)13-10-6-7-11-14(13)16;1-3(2)4;/h3*3-11,16H,1-2H3;3H,1-2H3;/q;;;-1;+4/p-3. The number of hydrogen-bond donors (Lipinski definition) is 0. The molecule has 6 rings (SSSR count). The molecular formula is C48H52O4Ti. The van der Waals surface area contributed by atoms with E-state index >= 15 is 0 Å². The Morgan fingerprint density at radius 2 is 0.604 bits per heavy atom. The summed E-state index contributed by atoms with van der Waals surface area (Å²) in [4.78, 5) is 0. The minimum atomic E-state index is -4.97. The molecule has 0 aliphatic heterocycles. The summed E-state index contributed by atoms with van der Waals surface area (Å²) < 4.78 is 29.0. The van der Waals surface area contributed by atoms with E-state index in [1.165, 1.54) is 16.7 Å². The molecule has 0 aliphatic rings. The fraction of sp³-hybridized carbons (Fsp3) is 0.250. The van der Waals surface area contributed by atoms with Crippen molar-refractivity contribution in [3.05, 3.63) is 197 Å². The third kappa shape index (κ3) is 8.31. The van der Waals surface area contributed by atoms with Gasteiger partial charge in [0.2, 0.25) is 0 Å². The van der Waals surface area contributed by atoms with Gasteiger partial charge in [0, 0.05) is 0 Å². The Kier molecular flexibility index (Phi) is 11.4. The second-order valence-corrected chi connectivity index (χ2v) is 18.3. The first-order valence-corrected chi connectivity index (χ1v) is 21.1. The van der Waals surface area contributed by atoms with Crippen LogP contribution in [0.3, 0.4) is 0 Å². The van der Waals surface area contributed by atoms with Gasteiger partial charge in [-0.05, 0) is 0 Å². The average Bonchev–Trinajstić information content (AvgIpc) is 3.16. The molecular weight excluding hydrogens is 688 g/mol. The second-order valence-electron chi connectivity index (χ2n) is 15.4. The molecule has 0 saturated carbocycles. The Hall–Kier alpha value is -4.61. The number of rotatable bonds is 14. The molecule has 5 heteroatoms. The van der Waals surface area contributed by atoms with E-state index in [9.17, 15) is 0 Å². The Labute approximate surface area is 322 Å². The van der Waals surface area contributed by atoms with Crippen molar-refractivity contribution < 1.29 is 31.4 Å². The summed E-state index contributed by atoms with van der Waals surface area (Å²) in [7, 11) is 0. The first kappa shape index (κ1) is 38.1. The normalized spacial score (nSPS) is 12.4. The molecule has 6 aromatic rings. The van der Waals surface area contributed by atoms with Gasteiger partial charge in [0.05, 0.1) is 0 Å². The quantitative estimate of drug-likeness (QED) is 0.104. The van der Waals surface area contributed by atoms with Gasteiger partial charge in [0.25, 0.3) is 0 Å². The molecule has 53 heavy (non-hydrogen) atoms. The SMILES string of the molecule is CC(C)[O][Ti]([O]c1ccccc1C(C)(C)c1ccccc1)([O]c1ccccc1C(C)(C)c1ccccc1)[O]c1ccccc1C(C)(C)c1ccccc1. The van der Waals surface area contributed by atoms with Crippen LogP contribution < -0.4 is 9.96 Å². The molecule has 0 heterocycles. The average molecular weight is 741 g/mol. The molecule has 0 aliphatic carbocycles. The summed E-state index contributed by atoms with van der Waals surface area (Å²) in [6.45, 7) is 17.3. The Balaban J connectivity index is 1.55. The molecule has 0 amide bonds. The van der Waals surface area contributed by atoms with E-state index in [0.717, 1.165) is 16.7 Å². The van der Waals surface area contributed by atoms with Gasteiger partial charge in [-0.3, -0.25) is 0 Å². The summed E-state index contributed by atoms with van der Waals surface area (Å²) in [6.07, 6.45) is -0.270. The van der Waals surface area contributed by atoms with Crippen molar-refractivity contribution in [3.63, 3.8) is 0 Å². The molecule has 4 nitrogen and oxygen atoms in total. The van der Waals surface area contributed by atoms with Gasteiger partial charge in [-0.15, -0.1) is 0 Å². The Bertz CT molecular complexity index is 1860. The molecule has 0 fully saturated rings. The molecule has 0 spiro atoms. The second kappa shape index (κ2) is 15.8. The van der Waals surface area contributed by atoms with Gasteiger partial charge >= 0.3 is 324 Å². The van der Waals surface area contributed by atoms with Crippen molar-refractivity contribution in [2.75, 3.05) is 0 Å². The number of benzene rings is 6. The van der Waals surface area contributed by atoms with E-state index in [1.54, 1.807) is 0 Å². The van der Waals surface area contributed by atoms with Crippen LogP contribution in [0.5, 0.6) is 17.2 Å². The van der Waals surface area contributed by atoms with Gasteiger partial charge in [-0.1, -0.05) is 0 Å². The molecule has 0 saturated heterocycles. The van der Waals surface area contributed by atoms with Crippen molar-refractivity contribution >= 4 is 0 Å². The van der Waals surface area contributed by atoms with Crippen LogP contribution in [0.2, 0.25) is 0 Å². The van der Waals surface area contributed by atoms with Crippen LogP contribution in [0.15, 0.2) is 164 Å². The molecule has 0 radical (unpaired) electrons. The molecule has 0 atom stereocenters. The first-order chi connectivity index (χ1) is 25.3. The van der Waals surface area contributed by atoms with E-state index in [4.69, 9.17) is 13.3 Å². The third-order valence-corrected chi connectivity index (χ3v) is 13.6. The van der Waals surface area contributed by atoms with E-state index in [-0.39, 0.29) is 6.10 Å². The summed E-state index contributed by atoms with van der Waals surface area (Å²) in [6, 6.07) is 56.1. The molecule has 0 bridgehead atoms. The summed E-state index contributed by atoms with van der Waals surface area (Å²) in [5, 5.41) is 0. The maximum atomic E-state index is 7.33. The topological polar surface area (TPSA) is 36.9 Å². The third-order valence-electron chi connectivity index (χ3n) is 10.3. The summed E-state index contributed by atoms with van der Waals surface area (Å²) in [5.41, 5.74) is 5.35. The van der Waals surface area contributed by atoms with Crippen molar-refractivity contribution in [3.8, 4) is 17.2 Å². The predicted molar refractivity (Wildman–Crippen MR) is 213 cm³/mol. The Morgan fingerprint density at radius 1 is 0.358 bits per heavy atom. The molecule has 0 aromatic heterocycles. The number of para-hydroxylation sites is 3. The van der Waals surface area contributed by atoms with E-state index in [1.807, 2.05) is 68.4 Å². The van der Waals surface area contributed by atoms with Gasteiger partial charge in [0.1, 0.15) is 0 Å². The molecule has 272 valence electrons. The molecule has 0 unspecified atom stereocenters.